The molecule has 0 spiro atoms. The molecule has 102 valence electrons. The Kier molecular flexibility index (Phi) is 3.38. The summed E-state index contributed by atoms with van der Waals surface area (Å²) in [7, 11) is 0. The molecule has 1 aromatic rings. The van der Waals surface area contributed by atoms with Gasteiger partial charge in [-0.25, -0.2) is 0 Å². The summed E-state index contributed by atoms with van der Waals surface area (Å²) in [5.41, 5.74) is 0.157. The number of amides is 1. The number of aromatic amines is 1. The van der Waals surface area contributed by atoms with Gasteiger partial charge in [0.25, 0.3) is 5.91 Å². The van der Waals surface area contributed by atoms with Crippen LogP contribution >= 0.6 is 0 Å². The van der Waals surface area contributed by atoms with Gasteiger partial charge in [-0.15, -0.1) is 0 Å². The first-order valence-electron chi connectivity index (χ1n) is 6.82. The standard InChI is InChI=1S/C14H18N2O3/c17-13-3-1-2-12(15-13)14(18)16(11-4-5-11)8-10-6-7-19-9-10/h1-3,10-11H,4-9H2,(H,15,17). The number of pyridine rings is 1. The Balaban J connectivity index is 1.75. The highest BCUT2D eigenvalue weighted by atomic mass is 16.5. The number of carbonyl (C=O) groups excluding carboxylic acids is 1. The van der Waals surface area contributed by atoms with E-state index in [4.69, 9.17) is 4.74 Å². The lowest BCUT2D eigenvalue weighted by molar-refractivity contribution is 0.0700. The number of aromatic nitrogens is 1. The van der Waals surface area contributed by atoms with Gasteiger partial charge in [0, 0.05) is 31.2 Å². The quantitative estimate of drug-likeness (QED) is 0.881. The number of nitrogens with one attached hydrogen (secondary N) is 1. The lowest BCUT2D eigenvalue weighted by atomic mass is 10.1. The summed E-state index contributed by atoms with van der Waals surface area (Å²) in [5.74, 6) is 0.368. The van der Waals surface area contributed by atoms with E-state index in [1.165, 1.54) is 6.07 Å². The molecule has 1 aromatic heterocycles. The van der Waals surface area contributed by atoms with Crippen molar-refractivity contribution < 1.29 is 9.53 Å². The average Bonchev–Trinajstić information content (AvgIpc) is 3.12. The highest BCUT2D eigenvalue weighted by Gasteiger charge is 2.35. The molecule has 2 heterocycles. The van der Waals surface area contributed by atoms with Crippen LogP contribution in [0.2, 0.25) is 0 Å². The van der Waals surface area contributed by atoms with E-state index in [2.05, 4.69) is 4.98 Å². The maximum Gasteiger partial charge on any atom is 0.270 e. The molecule has 1 amide bonds. The lowest BCUT2D eigenvalue weighted by Gasteiger charge is -2.25. The van der Waals surface area contributed by atoms with E-state index < -0.39 is 0 Å². The Hall–Kier alpha value is -1.62. The molecular formula is C14H18N2O3. The number of carbonyl (C=O) groups is 1. The fraction of sp³-hybridized carbons (Fsp3) is 0.571. The van der Waals surface area contributed by atoms with E-state index in [9.17, 15) is 9.59 Å². The number of H-pyrrole nitrogens is 1. The molecule has 5 heteroatoms. The van der Waals surface area contributed by atoms with Gasteiger partial charge in [-0.05, 0) is 25.3 Å². The van der Waals surface area contributed by atoms with Gasteiger partial charge in [0.1, 0.15) is 5.69 Å². The Morgan fingerprint density at radius 2 is 2.21 bits per heavy atom. The van der Waals surface area contributed by atoms with Gasteiger partial charge < -0.3 is 14.6 Å². The Bertz CT molecular complexity index is 515. The van der Waals surface area contributed by atoms with Crippen LogP contribution in [0.1, 0.15) is 29.8 Å². The predicted octanol–water partition coefficient (Wildman–Crippen LogP) is 1.02. The second kappa shape index (κ2) is 5.17. The summed E-state index contributed by atoms with van der Waals surface area (Å²) in [6.07, 6.45) is 3.15. The van der Waals surface area contributed by atoms with Gasteiger partial charge in [-0.3, -0.25) is 9.59 Å². The maximum absolute atomic E-state index is 12.5. The molecule has 0 radical (unpaired) electrons. The molecule has 1 unspecified atom stereocenters. The first-order valence-corrected chi connectivity index (χ1v) is 6.82. The van der Waals surface area contributed by atoms with E-state index >= 15 is 0 Å². The number of ether oxygens (including phenoxy) is 1. The minimum Gasteiger partial charge on any atom is -0.381 e. The third-order valence-corrected chi connectivity index (χ3v) is 3.73. The van der Waals surface area contributed by atoms with Crippen molar-refractivity contribution in [3.05, 3.63) is 34.2 Å². The highest BCUT2D eigenvalue weighted by molar-refractivity contribution is 5.92. The molecular weight excluding hydrogens is 244 g/mol. The molecule has 0 bridgehead atoms. The molecule has 1 saturated carbocycles. The van der Waals surface area contributed by atoms with E-state index in [0.717, 1.165) is 39.0 Å². The summed E-state index contributed by atoms with van der Waals surface area (Å²) in [4.78, 5) is 28.3. The van der Waals surface area contributed by atoms with Crippen LogP contribution in [0.15, 0.2) is 23.0 Å². The summed E-state index contributed by atoms with van der Waals surface area (Å²) in [5, 5.41) is 0. The summed E-state index contributed by atoms with van der Waals surface area (Å²) in [6, 6.07) is 5.06. The first kappa shape index (κ1) is 12.4. The van der Waals surface area contributed by atoms with E-state index in [0.29, 0.717) is 17.7 Å². The molecule has 2 aliphatic rings. The third-order valence-electron chi connectivity index (χ3n) is 3.73. The van der Waals surface area contributed by atoms with Crippen molar-refractivity contribution in [2.45, 2.75) is 25.3 Å². The monoisotopic (exact) mass is 262 g/mol. The van der Waals surface area contributed by atoms with Crippen LogP contribution in [0, 0.1) is 5.92 Å². The molecule has 3 rings (SSSR count). The second-order valence-corrected chi connectivity index (χ2v) is 5.35. The van der Waals surface area contributed by atoms with Crippen molar-refractivity contribution >= 4 is 5.91 Å². The SMILES string of the molecule is O=C(c1cccc(=O)[nH]1)N(CC1CCOC1)C1CC1. The minimum absolute atomic E-state index is 0.0629. The number of hydrogen-bond acceptors (Lipinski definition) is 3. The van der Waals surface area contributed by atoms with Crippen molar-refractivity contribution in [1.82, 2.24) is 9.88 Å². The van der Waals surface area contributed by atoms with Crippen LogP contribution < -0.4 is 5.56 Å². The average molecular weight is 262 g/mol. The molecule has 5 nitrogen and oxygen atoms in total. The maximum atomic E-state index is 12.5. The van der Waals surface area contributed by atoms with Crippen LogP contribution in [0.4, 0.5) is 0 Å². The van der Waals surface area contributed by atoms with Gasteiger partial charge in [-0.2, -0.15) is 0 Å². The van der Waals surface area contributed by atoms with Crippen molar-refractivity contribution in [2.75, 3.05) is 19.8 Å². The number of rotatable bonds is 4. The van der Waals surface area contributed by atoms with E-state index in [1.54, 1.807) is 12.1 Å². The predicted molar refractivity (Wildman–Crippen MR) is 70.0 cm³/mol. The normalized spacial score (nSPS) is 22.4. The second-order valence-electron chi connectivity index (χ2n) is 5.35. The molecule has 1 N–H and O–H groups in total. The smallest absolute Gasteiger partial charge is 0.270 e. The van der Waals surface area contributed by atoms with Crippen LogP contribution in [0.5, 0.6) is 0 Å². The van der Waals surface area contributed by atoms with E-state index in [1.807, 2.05) is 4.90 Å². The largest absolute Gasteiger partial charge is 0.381 e. The molecule has 1 aliphatic heterocycles. The fourth-order valence-corrected chi connectivity index (χ4v) is 2.52. The van der Waals surface area contributed by atoms with E-state index in [-0.39, 0.29) is 11.5 Å². The number of hydrogen-bond donors (Lipinski definition) is 1. The first-order chi connectivity index (χ1) is 9.24. The summed E-state index contributed by atoms with van der Waals surface area (Å²) in [6.45, 7) is 2.27. The fourth-order valence-electron chi connectivity index (χ4n) is 2.52. The Morgan fingerprint density at radius 1 is 1.37 bits per heavy atom. The zero-order chi connectivity index (χ0) is 13.2. The van der Waals surface area contributed by atoms with Crippen LogP contribution in [0.25, 0.3) is 0 Å². The van der Waals surface area contributed by atoms with Gasteiger partial charge in [-0.1, -0.05) is 6.07 Å². The van der Waals surface area contributed by atoms with Crippen molar-refractivity contribution in [3.63, 3.8) is 0 Å². The summed E-state index contributed by atoms with van der Waals surface area (Å²) >= 11 is 0. The van der Waals surface area contributed by atoms with Gasteiger partial charge >= 0.3 is 0 Å². The molecule has 2 fully saturated rings. The zero-order valence-corrected chi connectivity index (χ0v) is 10.8. The third kappa shape index (κ3) is 2.87. The van der Waals surface area contributed by atoms with Crippen LogP contribution in [-0.4, -0.2) is 41.6 Å². The van der Waals surface area contributed by atoms with Crippen molar-refractivity contribution in [2.24, 2.45) is 5.92 Å². The molecule has 1 aliphatic carbocycles. The van der Waals surface area contributed by atoms with Crippen LogP contribution in [0.3, 0.4) is 0 Å². The molecule has 19 heavy (non-hydrogen) atoms. The number of nitrogens with zero attached hydrogens (tertiary/aromatic N) is 1. The zero-order valence-electron chi connectivity index (χ0n) is 10.8. The molecule has 0 aromatic carbocycles. The topological polar surface area (TPSA) is 62.4 Å². The van der Waals surface area contributed by atoms with Crippen molar-refractivity contribution in [3.8, 4) is 0 Å². The minimum atomic E-state index is -0.231. The van der Waals surface area contributed by atoms with Gasteiger partial charge in [0.05, 0.1) is 6.61 Å². The molecule has 1 saturated heterocycles. The van der Waals surface area contributed by atoms with Gasteiger partial charge in [0.2, 0.25) is 5.56 Å². The Labute approximate surface area is 111 Å². The van der Waals surface area contributed by atoms with Crippen LogP contribution in [-0.2, 0) is 4.74 Å². The highest BCUT2D eigenvalue weighted by Crippen LogP contribution is 2.29. The molecule has 1 atom stereocenters. The summed E-state index contributed by atoms with van der Waals surface area (Å²) < 4.78 is 5.37. The van der Waals surface area contributed by atoms with Crippen molar-refractivity contribution in [1.29, 1.82) is 0 Å². The Morgan fingerprint density at radius 3 is 2.84 bits per heavy atom. The van der Waals surface area contributed by atoms with Gasteiger partial charge in [0.15, 0.2) is 0 Å². The lowest BCUT2D eigenvalue weighted by Crippen LogP contribution is -2.38.